The van der Waals surface area contributed by atoms with Gasteiger partial charge in [-0.3, -0.25) is 0 Å². The van der Waals surface area contributed by atoms with E-state index in [0.717, 1.165) is 6.29 Å². The normalized spacial score (nSPS) is 11.9. The molecule has 0 bridgehead atoms. The fourth-order valence-electron chi connectivity index (χ4n) is 0.995. The number of hydrogen-bond acceptors (Lipinski definition) is 4. The molecule has 0 saturated heterocycles. The summed E-state index contributed by atoms with van der Waals surface area (Å²) in [6.07, 6.45) is 0.770. The minimum atomic E-state index is -0.407. The standard InChI is InChI=1S/C9H10BrNO3/c1-13-8-4-3-6(7(10)5-12)9(11-8)14-2/h3-5,7H,1-2H3. The summed E-state index contributed by atoms with van der Waals surface area (Å²) in [6.45, 7) is 0. The van der Waals surface area contributed by atoms with Crippen LogP contribution in [-0.2, 0) is 4.79 Å². The number of halogens is 1. The zero-order valence-electron chi connectivity index (χ0n) is 7.86. The van der Waals surface area contributed by atoms with Gasteiger partial charge in [-0.2, -0.15) is 4.98 Å². The first-order valence-corrected chi connectivity index (χ1v) is 4.82. The Hall–Kier alpha value is -1.10. The first-order valence-electron chi connectivity index (χ1n) is 3.91. The molecular formula is C9H10BrNO3. The predicted octanol–water partition coefficient (Wildman–Crippen LogP) is 1.73. The number of alkyl halides is 1. The van der Waals surface area contributed by atoms with Crippen LogP contribution in [0.25, 0.3) is 0 Å². The second kappa shape index (κ2) is 4.95. The van der Waals surface area contributed by atoms with Crippen molar-refractivity contribution in [3.8, 4) is 11.8 Å². The summed E-state index contributed by atoms with van der Waals surface area (Å²) in [5.74, 6) is 0.842. The Bertz CT molecular complexity index is 330. The fraction of sp³-hybridized carbons (Fsp3) is 0.333. The predicted molar refractivity (Wildman–Crippen MR) is 55.1 cm³/mol. The van der Waals surface area contributed by atoms with Crippen molar-refractivity contribution >= 4 is 22.2 Å². The number of aldehydes is 1. The topological polar surface area (TPSA) is 48.4 Å². The van der Waals surface area contributed by atoms with Crippen molar-refractivity contribution in [1.29, 1.82) is 0 Å². The molecule has 1 aromatic heterocycles. The molecule has 0 fully saturated rings. The molecule has 76 valence electrons. The zero-order chi connectivity index (χ0) is 10.6. The summed E-state index contributed by atoms with van der Waals surface area (Å²) in [4.78, 5) is 14.2. The molecule has 0 amide bonds. The SMILES string of the molecule is COc1ccc(C(Br)C=O)c(OC)n1. The van der Waals surface area contributed by atoms with Gasteiger partial charge in [0, 0.05) is 11.6 Å². The third-order valence-corrected chi connectivity index (χ3v) is 2.39. The van der Waals surface area contributed by atoms with Crippen molar-refractivity contribution < 1.29 is 14.3 Å². The molecule has 0 aliphatic rings. The van der Waals surface area contributed by atoms with Crippen molar-refractivity contribution in [1.82, 2.24) is 4.98 Å². The number of rotatable bonds is 4. The average Bonchev–Trinajstić information content (AvgIpc) is 2.27. The Kier molecular flexibility index (Phi) is 3.88. The lowest BCUT2D eigenvalue weighted by atomic mass is 10.2. The Balaban J connectivity index is 3.10. The summed E-state index contributed by atoms with van der Waals surface area (Å²) in [5, 5.41) is 0. The van der Waals surface area contributed by atoms with E-state index >= 15 is 0 Å². The van der Waals surface area contributed by atoms with Crippen LogP contribution < -0.4 is 9.47 Å². The fourth-order valence-corrected chi connectivity index (χ4v) is 1.34. The van der Waals surface area contributed by atoms with Crippen LogP contribution in [0.5, 0.6) is 11.8 Å². The van der Waals surface area contributed by atoms with Gasteiger partial charge in [-0.1, -0.05) is 15.9 Å². The van der Waals surface area contributed by atoms with Crippen molar-refractivity contribution in [3.63, 3.8) is 0 Å². The molecule has 0 spiro atoms. The van der Waals surface area contributed by atoms with E-state index in [9.17, 15) is 4.79 Å². The van der Waals surface area contributed by atoms with Gasteiger partial charge in [0.05, 0.1) is 14.2 Å². The summed E-state index contributed by atoms with van der Waals surface area (Å²) in [7, 11) is 3.02. The van der Waals surface area contributed by atoms with Gasteiger partial charge < -0.3 is 14.3 Å². The van der Waals surface area contributed by atoms with Crippen LogP contribution in [0.15, 0.2) is 12.1 Å². The highest BCUT2D eigenvalue weighted by molar-refractivity contribution is 9.09. The van der Waals surface area contributed by atoms with E-state index in [1.54, 1.807) is 12.1 Å². The molecule has 1 atom stereocenters. The van der Waals surface area contributed by atoms with Gasteiger partial charge in [0.25, 0.3) is 0 Å². The van der Waals surface area contributed by atoms with Crippen LogP contribution in [0.2, 0.25) is 0 Å². The lowest BCUT2D eigenvalue weighted by Gasteiger charge is -2.09. The molecule has 1 aromatic rings. The summed E-state index contributed by atoms with van der Waals surface area (Å²) < 4.78 is 9.96. The molecule has 0 N–H and O–H groups in total. The second-order valence-electron chi connectivity index (χ2n) is 2.49. The maximum atomic E-state index is 10.6. The Labute approximate surface area is 90.4 Å². The molecular weight excluding hydrogens is 250 g/mol. The minimum Gasteiger partial charge on any atom is -0.481 e. The average molecular weight is 260 g/mol. The van der Waals surface area contributed by atoms with Gasteiger partial charge in [-0.15, -0.1) is 0 Å². The number of nitrogens with zero attached hydrogens (tertiary/aromatic N) is 1. The first kappa shape index (κ1) is 11.0. The van der Waals surface area contributed by atoms with Crippen LogP contribution in [0.4, 0.5) is 0 Å². The van der Waals surface area contributed by atoms with Crippen LogP contribution in [0, 0.1) is 0 Å². The molecule has 14 heavy (non-hydrogen) atoms. The maximum absolute atomic E-state index is 10.6. The molecule has 0 aliphatic heterocycles. The lowest BCUT2D eigenvalue weighted by molar-refractivity contribution is -0.107. The Morgan fingerprint density at radius 3 is 2.64 bits per heavy atom. The number of hydrogen-bond donors (Lipinski definition) is 0. The van der Waals surface area contributed by atoms with Crippen LogP contribution in [0.3, 0.4) is 0 Å². The number of carbonyl (C=O) groups excluding carboxylic acids is 1. The van der Waals surface area contributed by atoms with Gasteiger partial charge in [0.1, 0.15) is 11.1 Å². The monoisotopic (exact) mass is 259 g/mol. The zero-order valence-corrected chi connectivity index (χ0v) is 9.45. The van der Waals surface area contributed by atoms with E-state index in [4.69, 9.17) is 9.47 Å². The molecule has 0 radical (unpaired) electrons. The van der Waals surface area contributed by atoms with E-state index in [1.807, 2.05) is 0 Å². The number of pyridine rings is 1. The third kappa shape index (κ3) is 2.23. The number of ether oxygens (including phenoxy) is 2. The smallest absolute Gasteiger partial charge is 0.221 e. The van der Waals surface area contributed by atoms with Crippen LogP contribution in [-0.4, -0.2) is 25.5 Å². The molecule has 1 heterocycles. The molecule has 4 nitrogen and oxygen atoms in total. The van der Waals surface area contributed by atoms with Gasteiger partial charge in [-0.05, 0) is 6.07 Å². The molecule has 1 unspecified atom stereocenters. The maximum Gasteiger partial charge on any atom is 0.221 e. The van der Waals surface area contributed by atoms with Crippen LogP contribution >= 0.6 is 15.9 Å². The number of aromatic nitrogens is 1. The summed E-state index contributed by atoms with van der Waals surface area (Å²) in [5.41, 5.74) is 0.684. The van der Waals surface area contributed by atoms with E-state index in [2.05, 4.69) is 20.9 Å². The van der Waals surface area contributed by atoms with E-state index < -0.39 is 4.83 Å². The van der Waals surface area contributed by atoms with Crippen molar-refractivity contribution in [2.24, 2.45) is 0 Å². The van der Waals surface area contributed by atoms with E-state index in [1.165, 1.54) is 14.2 Å². The lowest BCUT2D eigenvalue weighted by Crippen LogP contribution is -1.99. The molecule has 0 aromatic carbocycles. The Morgan fingerprint density at radius 1 is 1.43 bits per heavy atom. The quantitative estimate of drug-likeness (QED) is 0.611. The van der Waals surface area contributed by atoms with E-state index in [-0.39, 0.29) is 0 Å². The van der Waals surface area contributed by atoms with Gasteiger partial charge in [0.15, 0.2) is 0 Å². The summed E-state index contributed by atoms with van der Waals surface area (Å²) in [6, 6.07) is 3.41. The van der Waals surface area contributed by atoms with Crippen molar-refractivity contribution in [2.75, 3.05) is 14.2 Å². The van der Waals surface area contributed by atoms with Crippen molar-refractivity contribution in [3.05, 3.63) is 17.7 Å². The number of methoxy groups -OCH3 is 2. The highest BCUT2D eigenvalue weighted by Crippen LogP contribution is 2.29. The summed E-state index contributed by atoms with van der Waals surface area (Å²) >= 11 is 3.19. The van der Waals surface area contributed by atoms with Gasteiger partial charge >= 0.3 is 0 Å². The third-order valence-electron chi connectivity index (χ3n) is 1.68. The largest absolute Gasteiger partial charge is 0.481 e. The minimum absolute atomic E-state index is 0.387. The Morgan fingerprint density at radius 2 is 2.14 bits per heavy atom. The van der Waals surface area contributed by atoms with Crippen molar-refractivity contribution in [2.45, 2.75) is 4.83 Å². The highest BCUT2D eigenvalue weighted by Gasteiger charge is 2.14. The van der Waals surface area contributed by atoms with Gasteiger partial charge in [0.2, 0.25) is 11.8 Å². The van der Waals surface area contributed by atoms with Crippen LogP contribution in [0.1, 0.15) is 10.4 Å². The highest BCUT2D eigenvalue weighted by atomic mass is 79.9. The molecule has 1 rings (SSSR count). The van der Waals surface area contributed by atoms with Gasteiger partial charge in [-0.25, -0.2) is 0 Å². The molecule has 0 saturated carbocycles. The van der Waals surface area contributed by atoms with E-state index in [0.29, 0.717) is 17.3 Å². The second-order valence-corrected chi connectivity index (χ2v) is 3.48. The molecule has 5 heteroatoms. The number of carbonyl (C=O) groups is 1. The molecule has 0 aliphatic carbocycles. The first-order chi connectivity index (χ1) is 6.72.